The van der Waals surface area contributed by atoms with Crippen molar-refractivity contribution in [3.8, 4) is 0 Å². The molecule has 1 heterocycles. The number of carboxylic acids is 1. The second-order valence-corrected chi connectivity index (χ2v) is 7.12. The number of nitro benzene ring substituents is 1. The molecule has 3 aromatic rings. The number of non-ortho nitro benzene ring substituents is 1. The molecule has 0 fully saturated rings. The number of hydrogen-bond donors (Lipinski definition) is 1. The minimum absolute atomic E-state index is 0.00194. The van der Waals surface area contributed by atoms with Crippen LogP contribution in [0.15, 0.2) is 70.6 Å². The first-order valence-corrected chi connectivity index (χ1v) is 9.14. The number of aromatic nitrogens is 1. The Morgan fingerprint density at radius 1 is 1.11 bits per heavy atom. The van der Waals surface area contributed by atoms with E-state index in [2.05, 4.69) is 4.98 Å². The molecular formula is C21H16N2O4S. The monoisotopic (exact) mass is 392 g/mol. The molecule has 3 rings (SSSR count). The number of aromatic carboxylic acids is 1. The van der Waals surface area contributed by atoms with E-state index < -0.39 is 10.9 Å². The number of pyridine rings is 1. The Kier molecular flexibility index (Phi) is 5.86. The molecule has 0 bridgehead atoms. The number of hydrogen-bond acceptors (Lipinski definition) is 5. The van der Waals surface area contributed by atoms with Gasteiger partial charge in [-0.05, 0) is 48.9 Å². The molecule has 7 heteroatoms. The third-order valence-corrected chi connectivity index (χ3v) is 5.02. The quantitative estimate of drug-likeness (QED) is 0.451. The predicted octanol–water partition coefficient (Wildman–Crippen LogP) is 5.32. The van der Waals surface area contributed by atoms with E-state index in [9.17, 15) is 14.9 Å². The van der Waals surface area contributed by atoms with E-state index in [1.54, 1.807) is 24.3 Å². The summed E-state index contributed by atoms with van der Waals surface area (Å²) in [7, 11) is 0. The molecule has 1 N–H and O–H groups in total. The van der Waals surface area contributed by atoms with Gasteiger partial charge < -0.3 is 5.11 Å². The Morgan fingerprint density at radius 2 is 1.86 bits per heavy atom. The first-order valence-electron chi connectivity index (χ1n) is 8.33. The molecule has 0 aliphatic heterocycles. The third-order valence-electron chi connectivity index (χ3n) is 3.92. The van der Waals surface area contributed by atoms with Crippen LogP contribution in [0.3, 0.4) is 0 Å². The summed E-state index contributed by atoms with van der Waals surface area (Å²) in [6.45, 7) is 2.01. The fraction of sp³-hybridized carbons (Fsp3) is 0.0476. The highest BCUT2D eigenvalue weighted by Gasteiger charge is 2.11. The van der Waals surface area contributed by atoms with Crippen LogP contribution < -0.4 is 0 Å². The molecule has 1 aromatic heterocycles. The van der Waals surface area contributed by atoms with Gasteiger partial charge in [-0.1, -0.05) is 35.5 Å². The molecule has 0 atom stereocenters. The van der Waals surface area contributed by atoms with Gasteiger partial charge in [-0.15, -0.1) is 0 Å². The fourth-order valence-corrected chi connectivity index (χ4v) is 3.32. The highest BCUT2D eigenvalue weighted by molar-refractivity contribution is 7.99. The average Bonchev–Trinajstić information content (AvgIpc) is 2.69. The normalized spacial score (nSPS) is 10.9. The van der Waals surface area contributed by atoms with E-state index in [0.29, 0.717) is 11.3 Å². The molecule has 0 saturated heterocycles. The van der Waals surface area contributed by atoms with Gasteiger partial charge in [0.2, 0.25) is 0 Å². The number of aryl methyl sites for hydroxylation is 1. The minimum Gasteiger partial charge on any atom is -0.478 e. The molecule has 6 nitrogen and oxygen atoms in total. The van der Waals surface area contributed by atoms with Gasteiger partial charge in [-0.25, -0.2) is 4.79 Å². The van der Waals surface area contributed by atoms with Crippen molar-refractivity contribution >= 4 is 35.6 Å². The van der Waals surface area contributed by atoms with Gasteiger partial charge in [-0.2, -0.15) is 0 Å². The smallest absolute Gasteiger partial charge is 0.337 e. The van der Waals surface area contributed by atoms with Crippen molar-refractivity contribution in [1.82, 2.24) is 4.98 Å². The second kappa shape index (κ2) is 8.49. The van der Waals surface area contributed by atoms with Crippen LogP contribution >= 0.6 is 11.8 Å². The summed E-state index contributed by atoms with van der Waals surface area (Å²) in [6, 6.07) is 15.8. The summed E-state index contributed by atoms with van der Waals surface area (Å²) in [5, 5.41) is 20.1. The molecular weight excluding hydrogens is 376 g/mol. The van der Waals surface area contributed by atoms with E-state index in [1.807, 2.05) is 31.2 Å². The molecule has 140 valence electrons. The molecule has 0 aliphatic carbocycles. The zero-order valence-corrected chi connectivity index (χ0v) is 15.7. The highest BCUT2D eigenvalue weighted by atomic mass is 32.2. The predicted molar refractivity (Wildman–Crippen MR) is 109 cm³/mol. The molecule has 0 spiro atoms. The average molecular weight is 392 g/mol. The highest BCUT2D eigenvalue weighted by Crippen LogP contribution is 2.33. The van der Waals surface area contributed by atoms with Crippen LogP contribution in [-0.2, 0) is 0 Å². The number of benzene rings is 2. The van der Waals surface area contributed by atoms with Crippen molar-refractivity contribution in [3.63, 3.8) is 0 Å². The van der Waals surface area contributed by atoms with Crippen LogP contribution in [0.1, 0.15) is 27.2 Å². The van der Waals surface area contributed by atoms with Gasteiger partial charge in [0.25, 0.3) is 5.69 Å². The van der Waals surface area contributed by atoms with E-state index in [1.165, 1.54) is 36.2 Å². The van der Waals surface area contributed by atoms with E-state index in [-0.39, 0.29) is 11.3 Å². The molecule has 0 amide bonds. The molecule has 28 heavy (non-hydrogen) atoms. The minimum atomic E-state index is -1.04. The van der Waals surface area contributed by atoms with E-state index in [0.717, 1.165) is 15.4 Å². The molecule has 0 saturated carbocycles. The Morgan fingerprint density at radius 3 is 2.46 bits per heavy atom. The van der Waals surface area contributed by atoms with Crippen molar-refractivity contribution in [3.05, 3.63) is 93.3 Å². The third kappa shape index (κ3) is 4.83. The summed E-state index contributed by atoms with van der Waals surface area (Å²) in [4.78, 5) is 27.6. The number of carboxylic acid groups (broad SMARTS) is 1. The van der Waals surface area contributed by atoms with Gasteiger partial charge in [0, 0.05) is 28.1 Å². The van der Waals surface area contributed by atoms with Crippen LogP contribution in [-0.4, -0.2) is 21.0 Å². The lowest BCUT2D eigenvalue weighted by Crippen LogP contribution is -1.96. The second-order valence-electron chi connectivity index (χ2n) is 6.00. The maximum atomic E-state index is 11.1. The standard InChI is InChI=1S/C21H16N2O4S/c1-14-2-9-19(10-3-14)28-20-11-8-18(23(26)27)12-15(20)4-6-17-7-5-16(13-22-17)21(24)25/h2-13H,1H3,(H,24,25)/b6-4+. The van der Waals surface area contributed by atoms with Crippen molar-refractivity contribution in [1.29, 1.82) is 0 Å². The maximum absolute atomic E-state index is 11.1. The van der Waals surface area contributed by atoms with Crippen molar-refractivity contribution in [2.75, 3.05) is 0 Å². The van der Waals surface area contributed by atoms with Crippen LogP contribution in [0.4, 0.5) is 5.69 Å². The first kappa shape index (κ1) is 19.3. The van der Waals surface area contributed by atoms with Crippen molar-refractivity contribution in [2.45, 2.75) is 16.7 Å². The van der Waals surface area contributed by atoms with Crippen LogP contribution in [0, 0.1) is 17.0 Å². The number of rotatable bonds is 6. The van der Waals surface area contributed by atoms with Gasteiger partial charge in [-0.3, -0.25) is 15.1 Å². The van der Waals surface area contributed by atoms with Crippen LogP contribution in [0.5, 0.6) is 0 Å². The Hall–Kier alpha value is -3.45. The molecule has 2 aromatic carbocycles. The number of nitrogens with zero attached hydrogens (tertiary/aromatic N) is 2. The summed E-state index contributed by atoms with van der Waals surface area (Å²) in [5.41, 5.74) is 2.50. The maximum Gasteiger partial charge on any atom is 0.337 e. The summed E-state index contributed by atoms with van der Waals surface area (Å²) < 4.78 is 0. The zero-order chi connectivity index (χ0) is 20.1. The Bertz CT molecular complexity index is 1050. The largest absolute Gasteiger partial charge is 0.478 e. The van der Waals surface area contributed by atoms with Gasteiger partial charge >= 0.3 is 5.97 Å². The lowest BCUT2D eigenvalue weighted by molar-refractivity contribution is -0.384. The van der Waals surface area contributed by atoms with Crippen LogP contribution in [0.25, 0.3) is 12.2 Å². The molecule has 0 aliphatic rings. The topological polar surface area (TPSA) is 93.3 Å². The van der Waals surface area contributed by atoms with Gasteiger partial charge in [0.05, 0.1) is 16.2 Å². The van der Waals surface area contributed by atoms with Crippen molar-refractivity contribution < 1.29 is 14.8 Å². The number of carbonyl (C=O) groups is 1. The zero-order valence-electron chi connectivity index (χ0n) is 14.9. The lowest BCUT2D eigenvalue weighted by atomic mass is 10.1. The SMILES string of the molecule is Cc1ccc(Sc2ccc([N+](=O)[O-])cc2/C=C/c2ccc(C(=O)O)cn2)cc1. The molecule has 0 unspecified atom stereocenters. The van der Waals surface area contributed by atoms with E-state index >= 15 is 0 Å². The van der Waals surface area contributed by atoms with Gasteiger partial charge in [0.1, 0.15) is 0 Å². The lowest BCUT2D eigenvalue weighted by Gasteiger charge is -2.07. The molecule has 0 radical (unpaired) electrons. The van der Waals surface area contributed by atoms with E-state index in [4.69, 9.17) is 5.11 Å². The summed E-state index contributed by atoms with van der Waals surface area (Å²) in [6.07, 6.45) is 4.72. The van der Waals surface area contributed by atoms with Crippen molar-refractivity contribution in [2.24, 2.45) is 0 Å². The Balaban J connectivity index is 1.92. The fourth-order valence-electron chi connectivity index (χ4n) is 2.41. The first-order chi connectivity index (χ1) is 13.4. The summed E-state index contributed by atoms with van der Waals surface area (Å²) in [5.74, 6) is -1.04. The Labute approximate surface area is 165 Å². The van der Waals surface area contributed by atoms with Crippen LogP contribution in [0.2, 0.25) is 0 Å². The number of nitro groups is 1. The van der Waals surface area contributed by atoms with Gasteiger partial charge in [0.15, 0.2) is 0 Å². The summed E-state index contributed by atoms with van der Waals surface area (Å²) >= 11 is 1.51.